The fourth-order valence-electron chi connectivity index (χ4n) is 1.80. The number of furan rings is 1. The smallest absolute Gasteiger partial charge is 0.275 e. The van der Waals surface area contributed by atoms with Crippen LogP contribution in [0.3, 0.4) is 0 Å². The van der Waals surface area contributed by atoms with E-state index in [2.05, 4.69) is 10.4 Å². The minimum absolute atomic E-state index is 0.0333. The molecule has 0 aliphatic heterocycles. The molecule has 2 aromatic heterocycles. The van der Waals surface area contributed by atoms with E-state index in [1.165, 1.54) is 20.2 Å². The van der Waals surface area contributed by atoms with Crippen molar-refractivity contribution in [3.8, 4) is 0 Å². The van der Waals surface area contributed by atoms with Gasteiger partial charge in [-0.15, -0.1) is 0 Å². The van der Waals surface area contributed by atoms with Crippen LogP contribution in [0, 0.1) is 0 Å². The molecule has 0 aliphatic carbocycles. The van der Waals surface area contributed by atoms with Gasteiger partial charge < -0.3 is 9.73 Å². The molecule has 2 heterocycles. The van der Waals surface area contributed by atoms with E-state index in [1.54, 1.807) is 10.7 Å². The van der Waals surface area contributed by atoms with Gasteiger partial charge in [-0.1, -0.05) is 0 Å². The lowest BCUT2D eigenvalue weighted by Gasteiger charge is -2.07. The number of aryl methyl sites for hydroxylation is 1. The standard InChI is InChI=1S/C13H20N4O3S/c1-16(2)21(18,19)13-5-4-12(20-13)10-14-8-6-11-7-9-17(3)15-11/h4-5,7,9,14H,6,8,10H2,1-3H3. The highest BCUT2D eigenvalue weighted by Gasteiger charge is 2.21. The number of nitrogens with zero attached hydrogens (tertiary/aromatic N) is 3. The molecule has 0 radical (unpaired) electrons. The van der Waals surface area contributed by atoms with E-state index < -0.39 is 10.0 Å². The Morgan fingerprint density at radius 3 is 2.71 bits per heavy atom. The van der Waals surface area contributed by atoms with Gasteiger partial charge in [0.1, 0.15) is 5.76 Å². The van der Waals surface area contributed by atoms with Gasteiger partial charge in [0, 0.05) is 40.3 Å². The van der Waals surface area contributed by atoms with Gasteiger partial charge in [0.15, 0.2) is 0 Å². The summed E-state index contributed by atoms with van der Waals surface area (Å²) in [5.41, 5.74) is 1.01. The molecule has 0 aliphatic rings. The molecule has 0 saturated heterocycles. The molecular weight excluding hydrogens is 292 g/mol. The van der Waals surface area contributed by atoms with Crippen molar-refractivity contribution in [2.75, 3.05) is 20.6 Å². The van der Waals surface area contributed by atoms with Crippen LogP contribution in [0.4, 0.5) is 0 Å². The van der Waals surface area contributed by atoms with Crippen LogP contribution >= 0.6 is 0 Å². The number of aromatic nitrogens is 2. The lowest BCUT2D eigenvalue weighted by atomic mass is 10.3. The van der Waals surface area contributed by atoms with Gasteiger partial charge in [-0.05, 0) is 18.2 Å². The van der Waals surface area contributed by atoms with E-state index in [9.17, 15) is 8.42 Å². The Morgan fingerprint density at radius 2 is 2.10 bits per heavy atom. The molecule has 2 rings (SSSR count). The fourth-order valence-corrected chi connectivity index (χ4v) is 2.61. The molecular formula is C13H20N4O3S. The lowest BCUT2D eigenvalue weighted by molar-refractivity contribution is 0.389. The summed E-state index contributed by atoms with van der Waals surface area (Å²) in [4.78, 5) is 0. The Kier molecular flexibility index (Phi) is 4.81. The highest BCUT2D eigenvalue weighted by Crippen LogP contribution is 2.16. The zero-order valence-electron chi connectivity index (χ0n) is 12.4. The largest absolute Gasteiger partial charge is 0.447 e. The van der Waals surface area contributed by atoms with Gasteiger partial charge in [0.25, 0.3) is 10.0 Å². The summed E-state index contributed by atoms with van der Waals surface area (Å²) in [6.45, 7) is 1.23. The van der Waals surface area contributed by atoms with Gasteiger partial charge in [0.2, 0.25) is 5.09 Å². The maximum atomic E-state index is 11.9. The van der Waals surface area contributed by atoms with Crippen molar-refractivity contribution < 1.29 is 12.8 Å². The maximum absolute atomic E-state index is 11.9. The van der Waals surface area contributed by atoms with Crippen molar-refractivity contribution in [1.82, 2.24) is 19.4 Å². The summed E-state index contributed by atoms with van der Waals surface area (Å²) in [6, 6.07) is 5.12. The van der Waals surface area contributed by atoms with Crippen LogP contribution in [-0.4, -0.2) is 43.1 Å². The normalized spacial score (nSPS) is 12.2. The van der Waals surface area contributed by atoms with Crippen molar-refractivity contribution >= 4 is 10.0 Å². The molecule has 0 saturated carbocycles. The number of nitrogens with one attached hydrogen (secondary N) is 1. The van der Waals surface area contributed by atoms with Crippen molar-refractivity contribution in [1.29, 1.82) is 0 Å². The quantitative estimate of drug-likeness (QED) is 0.757. The zero-order valence-corrected chi connectivity index (χ0v) is 13.2. The second-order valence-electron chi connectivity index (χ2n) is 4.92. The fraction of sp³-hybridized carbons (Fsp3) is 0.462. The Morgan fingerprint density at radius 1 is 1.33 bits per heavy atom. The van der Waals surface area contributed by atoms with Gasteiger partial charge >= 0.3 is 0 Å². The van der Waals surface area contributed by atoms with E-state index in [0.29, 0.717) is 12.3 Å². The first-order chi connectivity index (χ1) is 9.89. The molecule has 0 atom stereocenters. The third-order valence-electron chi connectivity index (χ3n) is 3.00. The van der Waals surface area contributed by atoms with Crippen LogP contribution in [0.25, 0.3) is 0 Å². The number of rotatable bonds is 7. The van der Waals surface area contributed by atoms with E-state index in [1.807, 2.05) is 19.3 Å². The molecule has 0 amide bonds. The third kappa shape index (κ3) is 3.93. The minimum Gasteiger partial charge on any atom is -0.447 e. The van der Waals surface area contributed by atoms with Gasteiger partial charge in [0.05, 0.1) is 12.2 Å². The monoisotopic (exact) mass is 312 g/mol. The van der Waals surface area contributed by atoms with Gasteiger partial charge in [-0.2, -0.15) is 5.10 Å². The first-order valence-electron chi connectivity index (χ1n) is 6.60. The number of hydrogen-bond acceptors (Lipinski definition) is 5. The molecule has 8 heteroatoms. The predicted molar refractivity (Wildman–Crippen MR) is 78.2 cm³/mol. The summed E-state index contributed by atoms with van der Waals surface area (Å²) in [6.07, 6.45) is 2.71. The Bertz CT molecular complexity index is 688. The SMILES string of the molecule is CN(C)S(=O)(=O)c1ccc(CNCCc2ccn(C)n2)o1. The summed E-state index contributed by atoms with van der Waals surface area (Å²) < 4.78 is 32.0. The predicted octanol–water partition coefficient (Wildman–Crippen LogP) is 0.596. The van der Waals surface area contributed by atoms with Crippen molar-refractivity contribution in [2.24, 2.45) is 7.05 Å². The molecule has 116 valence electrons. The van der Waals surface area contributed by atoms with E-state index in [4.69, 9.17) is 4.42 Å². The second kappa shape index (κ2) is 6.42. The summed E-state index contributed by atoms with van der Waals surface area (Å²) in [7, 11) is 1.33. The van der Waals surface area contributed by atoms with Crippen molar-refractivity contribution in [3.05, 3.63) is 35.9 Å². The Balaban J connectivity index is 1.83. The van der Waals surface area contributed by atoms with E-state index in [0.717, 1.165) is 23.0 Å². The summed E-state index contributed by atoms with van der Waals surface area (Å²) >= 11 is 0. The average Bonchev–Trinajstić information content (AvgIpc) is 3.04. The van der Waals surface area contributed by atoms with Crippen LogP contribution in [-0.2, 0) is 30.0 Å². The first kappa shape index (κ1) is 15.7. The van der Waals surface area contributed by atoms with Crippen LogP contribution in [0.15, 0.2) is 33.9 Å². The summed E-state index contributed by atoms with van der Waals surface area (Å²) in [5, 5.41) is 7.45. The molecule has 2 aromatic rings. The maximum Gasteiger partial charge on any atom is 0.275 e. The van der Waals surface area contributed by atoms with Crippen LogP contribution in [0.1, 0.15) is 11.5 Å². The lowest BCUT2D eigenvalue weighted by Crippen LogP contribution is -2.21. The Labute approximate surface area is 124 Å². The first-order valence-corrected chi connectivity index (χ1v) is 8.04. The molecule has 0 spiro atoms. The molecule has 0 aromatic carbocycles. The van der Waals surface area contributed by atoms with Crippen LogP contribution < -0.4 is 5.32 Å². The highest BCUT2D eigenvalue weighted by atomic mass is 32.2. The number of sulfonamides is 1. The molecule has 7 nitrogen and oxygen atoms in total. The van der Waals surface area contributed by atoms with Crippen molar-refractivity contribution in [3.63, 3.8) is 0 Å². The molecule has 0 fully saturated rings. The topological polar surface area (TPSA) is 80.4 Å². The van der Waals surface area contributed by atoms with E-state index in [-0.39, 0.29) is 5.09 Å². The molecule has 0 unspecified atom stereocenters. The zero-order chi connectivity index (χ0) is 15.5. The average molecular weight is 312 g/mol. The Hall–Kier alpha value is -1.64. The molecule has 21 heavy (non-hydrogen) atoms. The second-order valence-corrected chi connectivity index (χ2v) is 7.00. The van der Waals surface area contributed by atoms with Crippen molar-refractivity contribution in [2.45, 2.75) is 18.1 Å². The highest BCUT2D eigenvalue weighted by molar-refractivity contribution is 7.88. The van der Waals surface area contributed by atoms with Gasteiger partial charge in [-0.25, -0.2) is 12.7 Å². The summed E-state index contributed by atoms with van der Waals surface area (Å²) in [5.74, 6) is 0.594. The third-order valence-corrected chi connectivity index (χ3v) is 4.69. The van der Waals surface area contributed by atoms with E-state index >= 15 is 0 Å². The van der Waals surface area contributed by atoms with Gasteiger partial charge in [-0.3, -0.25) is 4.68 Å². The minimum atomic E-state index is -3.50. The van der Waals surface area contributed by atoms with Crippen LogP contribution in [0.5, 0.6) is 0 Å². The molecule has 0 bridgehead atoms. The molecule has 1 N–H and O–H groups in total. The van der Waals surface area contributed by atoms with Crippen LogP contribution in [0.2, 0.25) is 0 Å². The number of hydrogen-bond donors (Lipinski definition) is 1.